The summed E-state index contributed by atoms with van der Waals surface area (Å²) in [6, 6.07) is 11.9. The van der Waals surface area contributed by atoms with E-state index in [4.69, 9.17) is 0 Å². The van der Waals surface area contributed by atoms with Gasteiger partial charge in [0.2, 0.25) is 0 Å². The Morgan fingerprint density at radius 3 is 2.56 bits per heavy atom. The number of rotatable bonds is 4. The fourth-order valence-corrected chi connectivity index (χ4v) is 3.34. The third-order valence-corrected chi connectivity index (χ3v) is 4.82. The molecule has 2 heterocycles. The van der Waals surface area contributed by atoms with Gasteiger partial charge in [-0.25, -0.2) is 9.97 Å². The van der Waals surface area contributed by atoms with Crippen LogP contribution in [0.25, 0.3) is 0 Å². The van der Waals surface area contributed by atoms with Crippen molar-refractivity contribution >= 4 is 5.91 Å². The second-order valence-corrected chi connectivity index (χ2v) is 6.95. The first-order chi connectivity index (χ1) is 12.0. The van der Waals surface area contributed by atoms with Gasteiger partial charge in [-0.3, -0.25) is 4.79 Å². The Labute approximate surface area is 149 Å². The molecule has 0 atom stereocenters. The topological polar surface area (TPSA) is 49.3 Å². The van der Waals surface area contributed by atoms with Crippen LogP contribution in [0.1, 0.15) is 46.3 Å². The number of hydrogen-bond acceptors (Lipinski definition) is 4. The average molecular weight is 338 g/mol. The molecule has 1 saturated heterocycles. The fraction of sp³-hybridized carbons (Fsp3) is 0.450. The highest BCUT2D eigenvalue weighted by Crippen LogP contribution is 2.26. The Bertz CT molecular complexity index is 724. The molecule has 5 heteroatoms. The van der Waals surface area contributed by atoms with Gasteiger partial charge in [-0.2, -0.15) is 0 Å². The zero-order chi connectivity index (χ0) is 17.8. The molecule has 1 aliphatic rings. The first-order valence-corrected chi connectivity index (χ1v) is 8.86. The van der Waals surface area contributed by atoms with E-state index in [1.165, 1.54) is 0 Å². The maximum atomic E-state index is 12.8. The van der Waals surface area contributed by atoms with Crippen molar-refractivity contribution in [1.29, 1.82) is 0 Å². The highest BCUT2D eigenvalue weighted by molar-refractivity contribution is 5.92. The van der Waals surface area contributed by atoms with Gasteiger partial charge in [-0.1, -0.05) is 30.3 Å². The van der Waals surface area contributed by atoms with Gasteiger partial charge in [-0.05, 0) is 51.5 Å². The minimum absolute atomic E-state index is 0.0523. The molecule has 1 fully saturated rings. The van der Waals surface area contributed by atoms with E-state index >= 15 is 0 Å². The summed E-state index contributed by atoms with van der Waals surface area (Å²) in [5.41, 5.74) is 2.62. The minimum atomic E-state index is -0.0523. The van der Waals surface area contributed by atoms with Crippen LogP contribution in [0, 0.1) is 6.92 Å². The van der Waals surface area contributed by atoms with E-state index < -0.39 is 0 Å². The summed E-state index contributed by atoms with van der Waals surface area (Å²) < 4.78 is 0. The van der Waals surface area contributed by atoms with Gasteiger partial charge in [0.15, 0.2) is 0 Å². The molecular weight excluding hydrogens is 312 g/mol. The maximum absolute atomic E-state index is 12.8. The number of benzene rings is 1. The Balaban J connectivity index is 1.76. The van der Waals surface area contributed by atoms with Crippen molar-refractivity contribution in [3.63, 3.8) is 0 Å². The lowest BCUT2D eigenvalue weighted by molar-refractivity contribution is 0.0778. The SMILES string of the molecule is Cc1nc(C(=O)N(C)Cc2ccccc2)cc(C2CCN(C)CC2)n1. The van der Waals surface area contributed by atoms with Gasteiger partial charge in [0, 0.05) is 25.2 Å². The van der Waals surface area contributed by atoms with Crippen LogP contribution >= 0.6 is 0 Å². The van der Waals surface area contributed by atoms with Crippen LogP contribution in [0.2, 0.25) is 0 Å². The lowest BCUT2D eigenvalue weighted by Crippen LogP contribution is -2.30. The molecule has 0 aliphatic carbocycles. The van der Waals surface area contributed by atoms with Crippen LogP contribution in [-0.2, 0) is 6.54 Å². The summed E-state index contributed by atoms with van der Waals surface area (Å²) >= 11 is 0. The van der Waals surface area contributed by atoms with E-state index in [-0.39, 0.29) is 5.91 Å². The summed E-state index contributed by atoms with van der Waals surface area (Å²) in [6.07, 6.45) is 2.17. The Morgan fingerprint density at radius 1 is 1.20 bits per heavy atom. The number of carbonyl (C=O) groups is 1. The summed E-state index contributed by atoms with van der Waals surface area (Å²) in [6.45, 7) is 4.59. The van der Waals surface area contributed by atoms with Crippen LogP contribution in [0.5, 0.6) is 0 Å². The standard InChI is InChI=1S/C20H26N4O/c1-15-21-18(17-9-11-23(2)12-10-17)13-19(22-15)20(25)24(3)14-16-7-5-4-6-8-16/h4-8,13,17H,9-12,14H2,1-3H3. The van der Waals surface area contributed by atoms with Crippen LogP contribution < -0.4 is 0 Å². The third-order valence-electron chi connectivity index (χ3n) is 4.82. The van der Waals surface area contributed by atoms with E-state index in [2.05, 4.69) is 21.9 Å². The lowest BCUT2D eigenvalue weighted by atomic mass is 9.93. The van der Waals surface area contributed by atoms with Crippen LogP contribution in [0.4, 0.5) is 0 Å². The predicted molar refractivity (Wildman–Crippen MR) is 98.5 cm³/mol. The van der Waals surface area contributed by atoms with Crippen molar-refractivity contribution in [2.24, 2.45) is 0 Å². The van der Waals surface area contributed by atoms with E-state index in [1.54, 1.807) is 4.90 Å². The molecule has 3 rings (SSSR count). The number of amides is 1. The van der Waals surface area contributed by atoms with Crippen molar-refractivity contribution in [1.82, 2.24) is 19.8 Å². The molecule has 2 aromatic rings. The molecule has 132 valence electrons. The first kappa shape index (κ1) is 17.5. The molecule has 0 N–H and O–H groups in total. The third kappa shape index (κ3) is 4.42. The van der Waals surface area contributed by atoms with Crippen molar-refractivity contribution in [2.45, 2.75) is 32.2 Å². The van der Waals surface area contributed by atoms with Gasteiger partial charge >= 0.3 is 0 Å². The molecule has 1 amide bonds. The van der Waals surface area contributed by atoms with E-state index in [0.29, 0.717) is 24.0 Å². The molecule has 0 saturated carbocycles. The van der Waals surface area contributed by atoms with E-state index in [9.17, 15) is 4.79 Å². The summed E-state index contributed by atoms with van der Waals surface area (Å²) in [5.74, 6) is 1.04. The number of aromatic nitrogens is 2. The maximum Gasteiger partial charge on any atom is 0.272 e. The van der Waals surface area contributed by atoms with Crippen LogP contribution in [0.15, 0.2) is 36.4 Å². The van der Waals surface area contributed by atoms with E-state index in [1.807, 2.05) is 50.4 Å². The molecule has 1 aromatic heterocycles. The molecule has 1 aromatic carbocycles. The molecular formula is C20H26N4O. The largest absolute Gasteiger partial charge is 0.336 e. The second-order valence-electron chi connectivity index (χ2n) is 6.95. The molecule has 0 bridgehead atoms. The number of carbonyl (C=O) groups excluding carboxylic acids is 1. The smallest absolute Gasteiger partial charge is 0.272 e. The second kappa shape index (κ2) is 7.74. The van der Waals surface area contributed by atoms with Crippen molar-refractivity contribution in [3.05, 3.63) is 59.2 Å². The number of nitrogens with zero attached hydrogens (tertiary/aromatic N) is 4. The zero-order valence-corrected chi connectivity index (χ0v) is 15.3. The van der Waals surface area contributed by atoms with Crippen molar-refractivity contribution < 1.29 is 4.79 Å². The van der Waals surface area contributed by atoms with Crippen LogP contribution in [0.3, 0.4) is 0 Å². The van der Waals surface area contributed by atoms with Crippen molar-refractivity contribution in [3.8, 4) is 0 Å². The number of likely N-dealkylation sites (tertiary alicyclic amines) is 1. The summed E-state index contributed by atoms with van der Waals surface area (Å²) in [4.78, 5) is 25.9. The van der Waals surface area contributed by atoms with Crippen LogP contribution in [-0.4, -0.2) is 52.9 Å². The van der Waals surface area contributed by atoms with Gasteiger partial charge in [0.05, 0.1) is 0 Å². The Kier molecular flexibility index (Phi) is 5.43. The molecule has 5 nitrogen and oxygen atoms in total. The molecule has 0 radical (unpaired) electrons. The molecule has 0 unspecified atom stereocenters. The Hall–Kier alpha value is -2.27. The highest BCUT2D eigenvalue weighted by atomic mass is 16.2. The summed E-state index contributed by atoms with van der Waals surface area (Å²) in [7, 11) is 3.97. The van der Waals surface area contributed by atoms with Gasteiger partial charge in [-0.15, -0.1) is 0 Å². The Morgan fingerprint density at radius 2 is 1.88 bits per heavy atom. The molecule has 1 aliphatic heterocycles. The zero-order valence-electron chi connectivity index (χ0n) is 15.3. The number of hydrogen-bond donors (Lipinski definition) is 0. The normalized spacial score (nSPS) is 16.0. The van der Waals surface area contributed by atoms with Gasteiger partial charge in [0.1, 0.15) is 11.5 Å². The summed E-state index contributed by atoms with van der Waals surface area (Å²) in [5, 5.41) is 0. The number of piperidine rings is 1. The van der Waals surface area contributed by atoms with Crippen molar-refractivity contribution in [2.75, 3.05) is 27.2 Å². The van der Waals surface area contributed by atoms with Gasteiger partial charge < -0.3 is 9.80 Å². The quantitative estimate of drug-likeness (QED) is 0.860. The number of aryl methyl sites for hydroxylation is 1. The highest BCUT2D eigenvalue weighted by Gasteiger charge is 2.22. The lowest BCUT2D eigenvalue weighted by Gasteiger charge is -2.28. The fourth-order valence-electron chi connectivity index (χ4n) is 3.34. The monoisotopic (exact) mass is 338 g/mol. The first-order valence-electron chi connectivity index (χ1n) is 8.86. The molecule has 25 heavy (non-hydrogen) atoms. The molecule has 0 spiro atoms. The van der Waals surface area contributed by atoms with Gasteiger partial charge in [0.25, 0.3) is 5.91 Å². The minimum Gasteiger partial charge on any atom is -0.336 e. The average Bonchev–Trinajstić information content (AvgIpc) is 2.62. The predicted octanol–water partition coefficient (Wildman–Crippen LogP) is 2.87. The van der Waals surface area contributed by atoms with E-state index in [0.717, 1.165) is 37.2 Å².